The number of nitrogens with one attached hydrogen (secondary N) is 1. The number of rotatable bonds is 3. The molecule has 3 nitrogen and oxygen atoms in total. The highest BCUT2D eigenvalue weighted by Gasteiger charge is 2.34. The molecule has 100 valence electrons. The SMILES string of the molecule is C=Cc1oc(=O)[nH]c1C1CC(C)CCC1C(C)C. The maximum Gasteiger partial charge on any atom is 0.417 e. The molecule has 0 aliphatic heterocycles. The highest BCUT2D eigenvalue weighted by atomic mass is 16.4. The van der Waals surface area contributed by atoms with Gasteiger partial charge in [-0.25, -0.2) is 4.79 Å². The lowest BCUT2D eigenvalue weighted by molar-refractivity contribution is 0.194. The largest absolute Gasteiger partial charge is 0.417 e. The summed E-state index contributed by atoms with van der Waals surface area (Å²) in [6.07, 6.45) is 5.28. The van der Waals surface area contributed by atoms with Crippen LogP contribution in [0.15, 0.2) is 15.8 Å². The van der Waals surface area contributed by atoms with Crippen LogP contribution in [-0.4, -0.2) is 4.98 Å². The van der Waals surface area contributed by atoms with E-state index in [1.165, 1.54) is 12.8 Å². The molecule has 1 aromatic heterocycles. The fourth-order valence-corrected chi connectivity index (χ4v) is 3.31. The minimum atomic E-state index is -0.361. The molecule has 2 rings (SSSR count). The number of hydrogen-bond donors (Lipinski definition) is 1. The van der Waals surface area contributed by atoms with Crippen LogP contribution in [0.3, 0.4) is 0 Å². The number of aromatic nitrogens is 1. The van der Waals surface area contributed by atoms with Crippen molar-refractivity contribution in [2.45, 2.75) is 46.0 Å². The van der Waals surface area contributed by atoms with Gasteiger partial charge in [0, 0.05) is 5.92 Å². The van der Waals surface area contributed by atoms with E-state index in [0.29, 0.717) is 29.4 Å². The van der Waals surface area contributed by atoms with Gasteiger partial charge in [-0.15, -0.1) is 0 Å². The first-order valence-corrected chi connectivity index (χ1v) is 6.88. The molecular weight excluding hydrogens is 226 g/mol. The second-order valence-corrected chi connectivity index (χ2v) is 5.93. The van der Waals surface area contributed by atoms with E-state index in [1.807, 2.05) is 0 Å². The molecule has 0 saturated heterocycles. The number of hydrogen-bond acceptors (Lipinski definition) is 2. The van der Waals surface area contributed by atoms with E-state index in [4.69, 9.17) is 4.42 Å². The van der Waals surface area contributed by atoms with Gasteiger partial charge in [0.2, 0.25) is 0 Å². The first-order valence-electron chi connectivity index (χ1n) is 6.88. The Kier molecular flexibility index (Phi) is 3.79. The molecule has 1 saturated carbocycles. The van der Waals surface area contributed by atoms with Gasteiger partial charge in [0.1, 0.15) is 0 Å². The lowest BCUT2D eigenvalue weighted by Crippen LogP contribution is -2.27. The Hall–Kier alpha value is -1.25. The molecule has 0 bridgehead atoms. The lowest BCUT2D eigenvalue weighted by atomic mass is 9.68. The van der Waals surface area contributed by atoms with Crippen LogP contribution in [0, 0.1) is 17.8 Å². The zero-order chi connectivity index (χ0) is 13.3. The van der Waals surface area contributed by atoms with Crippen LogP contribution in [0.1, 0.15) is 57.4 Å². The molecule has 0 aromatic carbocycles. The highest BCUT2D eigenvalue weighted by Crippen LogP contribution is 2.44. The van der Waals surface area contributed by atoms with Gasteiger partial charge >= 0.3 is 5.76 Å². The molecular formula is C15H23NO2. The molecule has 0 spiro atoms. The van der Waals surface area contributed by atoms with E-state index in [9.17, 15) is 4.79 Å². The Morgan fingerprint density at radius 3 is 2.78 bits per heavy atom. The monoisotopic (exact) mass is 249 g/mol. The molecule has 1 aromatic rings. The molecule has 1 fully saturated rings. The van der Waals surface area contributed by atoms with E-state index in [2.05, 4.69) is 32.3 Å². The molecule has 3 unspecified atom stereocenters. The number of oxazole rings is 1. The summed E-state index contributed by atoms with van der Waals surface area (Å²) in [7, 11) is 0. The normalized spacial score (nSPS) is 28.6. The van der Waals surface area contributed by atoms with E-state index in [0.717, 1.165) is 12.1 Å². The van der Waals surface area contributed by atoms with Crippen molar-refractivity contribution in [3.05, 3.63) is 28.6 Å². The van der Waals surface area contributed by atoms with Crippen molar-refractivity contribution in [1.29, 1.82) is 0 Å². The Bertz CT molecular complexity index is 469. The van der Waals surface area contributed by atoms with E-state index >= 15 is 0 Å². The molecule has 18 heavy (non-hydrogen) atoms. The first-order chi connectivity index (χ1) is 8.52. The second kappa shape index (κ2) is 5.17. The van der Waals surface area contributed by atoms with Crippen LogP contribution >= 0.6 is 0 Å². The smallest absolute Gasteiger partial charge is 0.408 e. The number of aromatic amines is 1. The third-order valence-corrected chi connectivity index (χ3v) is 4.28. The highest BCUT2D eigenvalue weighted by molar-refractivity contribution is 5.43. The summed E-state index contributed by atoms with van der Waals surface area (Å²) in [6.45, 7) is 10.5. The molecule has 3 atom stereocenters. The van der Waals surface area contributed by atoms with Gasteiger partial charge in [0.05, 0.1) is 5.69 Å². The van der Waals surface area contributed by atoms with Gasteiger partial charge in [-0.3, -0.25) is 4.98 Å². The third kappa shape index (κ3) is 2.45. The van der Waals surface area contributed by atoms with Crippen LogP contribution in [0.2, 0.25) is 0 Å². The minimum absolute atomic E-state index is 0.361. The maximum atomic E-state index is 11.4. The van der Waals surface area contributed by atoms with Crippen molar-refractivity contribution in [2.75, 3.05) is 0 Å². The molecule has 0 radical (unpaired) electrons. The standard InChI is InChI=1S/C15H23NO2/c1-5-13-14(16-15(17)18-13)12-8-10(4)6-7-11(12)9(2)3/h5,9-12H,1,6-8H2,2-4H3,(H,16,17). The molecule has 1 aliphatic rings. The average Bonchev–Trinajstić information content (AvgIpc) is 2.69. The number of H-pyrrole nitrogens is 1. The van der Waals surface area contributed by atoms with E-state index < -0.39 is 0 Å². The quantitative estimate of drug-likeness (QED) is 0.886. The molecule has 1 aliphatic carbocycles. The summed E-state index contributed by atoms with van der Waals surface area (Å²) in [5.41, 5.74) is 0.959. The minimum Gasteiger partial charge on any atom is -0.408 e. The fraction of sp³-hybridized carbons (Fsp3) is 0.667. The van der Waals surface area contributed by atoms with Gasteiger partial charge in [-0.05, 0) is 36.7 Å². The molecule has 3 heteroatoms. The summed E-state index contributed by atoms with van der Waals surface area (Å²) < 4.78 is 5.15. The fourth-order valence-electron chi connectivity index (χ4n) is 3.31. The first kappa shape index (κ1) is 13.2. The third-order valence-electron chi connectivity index (χ3n) is 4.28. The summed E-state index contributed by atoms with van der Waals surface area (Å²) in [4.78, 5) is 14.3. The van der Waals surface area contributed by atoms with Crippen LogP contribution in [0.25, 0.3) is 6.08 Å². The van der Waals surface area contributed by atoms with Crippen LogP contribution in [0.4, 0.5) is 0 Å². The Balaban J connectivity index is 2.37. The van der Waals surface area contributed by atoms with Gasteiger partial charge in [0.15, 0.2) is 5.76 Å². The second-order valence-electron chi connectivity index (χ2n) is 5.93. The molecule has 0 amide bonds. The molecule has 1 heterocycles. The van der Waals surface area contributed by atoms with Gasteiger partial charge < -0.3 is 4.42 Å². The van der Waals surface area contributed by atoms with Crippen molar-refractivity contribution in [1.82, 2.24) is 4.98 Å². The summed E-state index contributed by atoms with van der Waals surface area (Å²) in [5.74, 6) is 2.62. The Morgan fingerprint density at radius 1 is 1.44 bits per heavy atom. The summed E-state index contributed by atoms with van der Waals surface area (Å²) in [5, 5.41) is 0. The molecule has 1 N–H and O–H groups in total. The van der Waals surface area contributed by atoms with Gasteiger partial charge in [0.25, 0.3) is 0 Å². The average molecular weight is 249 g/mol. The summed E-state index contributed by atoms with van der Waals surface area (Å²) >= 11 is 0. The lowest BCUT2D eigenvalue weighted by Gasteiger charge is -2.36. The van der Waals surface area contributed by atoms with Crippen molar-refractivity contribution in [3.63, 3.8) is 0 Å². The van der Waals surface area contributed by atoms with Crippen molar-refractivity contribution in [2.24, 2.45) is 17.8 Å². The predicted octanol–water partition coefficient (Wildman–Crippen LogP) is 3.79. The Morgan fingerprint density at radius 2 is 2.17 bits per heavy atom. The zero-order valence-corrected chi connectivity index (χ0v) is 11.5. The topological polar surface area (TPSA) is 46.0 Å². The van der Waals surface area contributed by atoms with Gasteiger partial charge in [-0.1, -0.05) is 33.8 Å². The Labute approximate surface area is 108 Å². The van der Waals surface area contributed by atoms with Crippen LogP contribution < -0.4 is 5.76 Å². The van der Waals surface area contributed by atoms with Gasteiger partial charge in [-0.2, -0.15) is 0 Å². The van der Waals surface area contributed by atoms with Crippen LogP contribution in [0.5, 0.6) is 0 Å². The predicted molar refractivity (Wildman–Crippen MR) is 73.5 cm³/mol. The van der Waals surface area contributed by atoms with E-state index in [1.54, 1.807) is 6.08 Å². The van der Waals surface area contributed by atoms with E-state index in [-0.39, 0.29) is 5.76 Å². The maximum absolute atomic E-state index is 11.4. The van der Waals surface area contributed by atoms with Crippen molar-refractivity contribution in [3.8, 4) is 0 Å². The zero-order valence-electron chi connectivity index (χ0n) is 11.5. The van der Waals surface area contributed by atoms with Crippen molar-refractivity contribution < 1.29 is 4.42 Å². The summed E-state index contributed by atoms with van der Waals surface area (Å²) in [6, 6.07) is 0. The van der Waals surface area contributed by atoms with Crippen molar-refractivity contribution >= 4 is 6.08 Å². The van der Waals surface area contributed by atoms with Crippen LogP contribution in [-0.2, 0) is 0 Å².